The molecule has 0 spiro atoms. The molecule has 3 aromatic rings. The first kappa shape index (κ1) is 16.7. The summed E-state index contributed by atoms with van der Waals surface area (Å²) in [4.78, 5) is 16.7. The van der Waals surface area contributed by atoms with E-state index in [-0.39, 0.29) is 12.3 Å². The van der Waals surface area contributed by atoms with Crippen molar-refractivity contribution in [2.75, 3.05) is 5.32 Å². The molecular formula is C17H18N4OS2. The highest BCUT2D eigenvalue weighted by Crippen LogP contribution is 2.24. The van der Waals surface area contributed by atoms with Crippen LogP contribution in [0.2, 0.25) is 0 Å². The lowest BCUT2D eigenvalue weighted by molar-refractivity contribution is -0.115. The molecule has 0 saturated heterocycles. The van der Waals surface area contributed by atoms with Crippen LogP contribution >= 0.6 is 22.7 Å². The summed E-state index contributed by atoms with van der Waals surface area (Å²) in [6.07, 6.45) is 3.36. The van der Waals surface area contributed by atoms with Gasteiger partial charge in [0.05, 0.1) is 12.1 Å². The van der Waals surface area contributed by atoms with E-state index in [1.165, 1.54) is 11.3 Å². The fourth-order valence-corrected chi connectivity index (χ4v) is 3.79. The van der Waals surface area contributed by atoms with Crippen LogP contribution in [0.25, 0.3) is 10.6 Å². The molecule has 7 heteroatoms. The van der Waals surface area contributed by atoms with Crippen molar-refractivity contribution in [2.45, 2.75) is 32.6 Å². The summed E-state index contributed by atoms with van der Waals surface area (Å²) < 4.78 is 0. The molecule has 2 heterocycles. The molecule has 3 rings (SSSR count). The summed E-state index contributed by atoms with van der Waals surface area (Å²) in [5, 5.41) is 15.3. The lowest BCUT2D eigenvalue weighted by atomic mass is 10.2. The molecule has 0 saturated carbocycles. The van der Waals surface area contributed by atoms with Gasteiger partial charge in [-0.2, -0.15) is 0 Å². The standard InChI is InChI=1S/C17H18N4OS2/c1-2-3-9-15-20-21-17(24-15)19-14(22)10-13-11-23-16(18-13)12-7-5-4-6-8-12/h4-8,11H,2-3,9-10H2,1H3,(H,19,21,22). The molecule has 1 aromatic carbocycles. The van der Waals surface area contributed by atoms with Gasteiger partial charge in [-0.3, -0.25) is 4.79 Å². The van der Waals surface area contributed by atoms with Crippen LogP contribution in [0, 0.1) is 0 Å². The summed E-state index contributed by atoms with van der Waals surface area (Å²) in [6.45, 7) is 2.14. The maximum absolute atomic E-state index is 12.1. The third-order valence-corrected chi connectivity index (χ3v) is 5.21. The number of aryl methyl sites for hydroxylation is 1. The molecule has 0 unspecified atom stereocenters. The summed E-state index contributed by atoms with van der Waals surface area (Å²) in [5.74, 6) is -0.113. The van der Waals surface area contributed by atoms with Crippen molar-refractivity contribution in [1.29, 1.82) is 0 Å². The van der Waals surface area contributed by atoms with E-state index in [1.54, 1.807) is 11.3 Å². The average Bonchev–Trinajstić information content (AvgIpc) is 3.23. The van der Waals surface area contributed by atoms with Crippen molar-refractivity contribution in [1.82, 2.24) is 15.2 Å². The van der Waals surface area contributed by atoms with E-state index < -0.39 is 0 Å². The number of nitrogens with zero attached hydrogens (tertiary/aromatic N) is 3. The number of thiazole rings is 1. The third kappa shape index (κ3) is 4.46. The van der Waals surface area contributed by atoms with Crippen molar-refractivity contribution >= 4 is 33.7 Å². The van der Waals surface area contributed by atoms with Crippen LogP contribution in [0.3, 0.4) is 0 Å². The molecule has 24 heavy (non-hydrogen) atoms. The van der Waals surface area contributed by atoms with Gasteiger partial charge < -0.3 is 5.32 Å². The molecule has 1 N–H and O–H groups in total. The van der Waals surface area contributed by atoms with E-state index in [4.69, 9.17) is 0 Å². The van der Waals surface area contributed by atoms with Gasteiger partial charge in [-0.05, 0) is 6.42 Å². The van der Waals surface area contributed by atoms with Crippen LogP contribution < -0.4 is 5.32 Å². The number of carbonyl (C=O) groups excluding carboxylic acids is 1. The lowest BCUT2D eigenvalue weighted by Crippen LogP contribution is -2.14. The zero-order valence-corrected chi connectivity index (χ0v) is 15.0. The molecule has 2 aromatic heterocycles. The molecule has 5 nitrogen and oxygen atoms in total. The quantitative estimate of drug-likeness (QED) is 0.688. The van der Waals surface area contributed by atoms with Crippen LogP contribution in [0.5, 0.6) is 0 Å². The fourth-order valence-electron chi connectivity index (χ4n) is 2.16. The van der Waals surface area contributed by atoms with E-state index in [1.807, 2.05) is 35.7 Å². The van der Waals surface area contributed by atoms with Gasteiger partial charge in [-0.15, -0.1) is 21.5 Å². The maximum atomic E-state index is 12.1. The molecule has 0 bridgehead atoms. The molecular weight excluding hydrogens is 340 g/mol. The summed E-state index contributed by atoms with van der Waals surface area (Å²) >= 11 is 2.99. The maximum Gasteiger partial charge on any atom is 0.232 e. The van der Waals surface area contributed by atoms with Crippen LogP contribution in [0.15, 0.2) is 35.7 Å². The molecule has 0 aliphatic heterocycles. The van der Waals surface area contributed by atoms with Gasteiger partial charge in [0.2, 0.25) is 11.0 Å². The van der Waals surface area contributed by atoms with Crippen molar-refractivity contribution in [3.05, 3.63) is 46.4 Å². The number of aromatic nitrogens is 3. The Bertz CT molecular complexity index is 798. The Morgan fingerprint density at radius 3 is 2.83 bits per heavy atom. The molecule has 0 radical (unpaired) electrons. The number of unbranched alkanes of at least 4 members (excludes halogenated alkanes) is 1. The highest BCUT2D eigenvalue weighted by molar-refractivity contribution is 7.15. The minimum Gasteiger partial charge on any atom is -0.300 e. The zero-order chi connectivity index (χ0) is 16.8. The zero-order valence-electron chi connectivity index (χ0n) is 13.4. The molecule has 0 aliphatic rings. The fraction of sp³-hybridized carbons (Fsp3) is 0.294. The van der Waals surface area contributed by atoms with Crippen LogP contribution in [0.1, 0.15) is 30.5 Å². The van der Waals surface area contributed by atoms with E-state index in [0.29, 0.717) is 5.13 Å². The first-order valence-electron chi connectivity index (χ1n) is 7.86. The number of rotatable bonds is 7. The van der Waals surface area contributed by atoms with Crippen LogP contribution in [-0.2, 0) is 17.6 Å². The summed E-state index contributed by atoms with van der Waals surface area (Å²) in [5.41, 5.74) is 1.84. The van der Waals surface area contributed by atoms with E-state index in [2.05, 4.69) is 27.4 Å². The second-order valence-corrected chi connectivity index (χ2v) is 7.26. The SMILES string of the molecule is CCCCc1nnc(NC(=O)Cc2csc(-c3ccccc3)n2)s1. The smallest absolute Gasteiger partial charge is 0.232 e. The highest BCUT2D eigenvalue weighted by atomic mass is 32.1. The predicted molar refractivity (Wildman–Crippen MR) is 98.4 cm³/mol. The van der Waals surface area contributed by atoms with Gasteiger partial charge in [-0.1, -0.05) is 55.0 Å². The molecule has 0 fully saturated rings. The van der Waals surface area contributed by atoms with Crippen LogP contribution in [0.4, 0.5) is 5.13 Å². The first-order valence-corrected chi connectivity index (χ1v) is 9.56. The van der Waals surface area contributed by atoms with Gasteiger partial charge in [0.25, 0.3) is 0 Å². The van der Waals surface area contributed by atoms with Crippen molar-refractivity contribution in [3.8, 4) is 10.6 Å². The minimum absolute atomic E-state index is 0.113. The summed E-state index contributed by atoms with van der Waals surface area (Å²) in [7, 11) is 0. The Balaban J connectivity index is 1.57. The predicted octanol–water partition coefficient (Wildman–Crippen LogP) is 4.19. The third-order valence-electron chi connectivity index (χ3n) is 3.37. The van der Waals surface area contributed by atoms with Gasteiger partial charge in [-0.25, -0.2) is 4.98 Å². The number of hydrogen-bond donors (Lipinski definition) is 1. The number of amides is 1. The Labute approximate surface area is 148 Å². The molecule has 0 aliphatic carbocycles. The second kappa shape index (κ2) is 8.12. The lowest BCUT2D eigenvalue weighted by Gasteiger charge is -1.98. The Hall–Kier alpha value is -2.12. The van der Waals surface area contributed by atoms with E-state index >= 15 is 0 Å². The van der Waals surface area contributed by atoms with E-state index in [0.717, 1.165) is 40.5 Å². The van der Waals surface area contributed by atoms with Gasteiger partial charge in [0, 0.05) is 17.4 Å². The second-order valence-electron chi connectivity index (χ2n) is 5.34. The Morgan fingerprint density at radius 1 is 1.21 bits per heavy atom. The summed E-state index contributed by atoms with van der Waals surface area (Å²) in [6, 6.07) is 9.97. The number of nitrogens with one attached hydrogen (secondary N) is 1. The van der Waals surface area contributed by atoms with E-state index in [9.17, 15) is 4.79 Å². The normalized spacial score (nSPS) is 10.7. The number of anilines is 1. The van der Waals surface area contributed by atoms with Crippen LogP contribution in [-0.4, -0.2) is 21.1 Å². The number of carbonyl (C=O) groups is 1. The first-order chi connectivity index (χ1) is 11.7. The largest absolute Gasteiger partial charge is 0.300 e. The van der Waals surface area contributed by atoms with Crippen molar-refractivity contribution < 1.29 is 4.79 Å². The monoisotopic (exact) mass is 358 g/mol. The minimum atomic E-state index is -0.113. The number of benzene rings is 1. The topological polar surface area (TPSA) is 67.8 Å². The Morgan fingerprint density at radius 2 is 2.04 bits per heavy atom. The highest BCUT2D eigenvalue weighted by Gasteiger charge is 2.11. The molecule has 1 amide bonds. The van der Waals surface area contributed by atoms with Crippen molar-refractivity contribution in [3.63, 3.8) is 0 Å². The van der Waals surface area contributed by atoms with Gasteiger partial charge in [0.15, 0.2) is 0 Å². The number of hydrogen-bond acceptors (Lipinski definition) is 6. The average molecular weight is 358 g/mol. The van der Waals surface area contributed by atoms with Gasteiger partial charge in [0.1, 0.15) is 10.0 Å². The van der Waals surface area contributed by atoms with Gasteiger partial charge >= 0.3 is 0 Å². The molecule has 0 atom stereocenters. The van der Waals surface area contributed by atoms with Crippen molar-refractivity contribution in [2.24, 2.45) is 0 Å². The Kier molecular flexibility index (Phi) is 5.66. The molecule has 124 valence electrons.